The number of hydrazine groups is 1. The van der Waals surface area contributed by atoms with Crippen LogP contribution < -0.4 is 20.1 Å². The van der Waals surface area contributed by atoms with E-state index in [1.165, 1.54) is 23.9 Å². The van der Waals surface area contributed by atoms with Crippen LogP contribution in [0.2, 0.25) is 0 Å². The molecule has 3 aromatic carbocycles. The minimum absolute atomic E-state index is 0.0656. The number of rotatable bonds is 14. The monoisotopic (exact) mass is 828 g/mol. The normalized spacial score (nSPS) is 13.5. The van der Waals surface area contributed by atoms with Crippen LogP contribution in [0.25, 0.3) is 0 Å². The summed E-state index contributed by atoms with van der Waals surface area (Å²) in [7, 11) is 0. The number of fused-ring (bicyclic) bond motifs is 1. The van der Waals surface area contributed by atoms with Gasteiger partial charge in [0.2, 0.25) is 0 Å². The first-order chi connectivity index (χ1) is 27.5. The Morgan fingerprint density at radius 2 is 1.14 bits per heavy atom. The smallest absolute Gasteiger partial charge is 0.412 e. The molecule has 2 aliphatic heterocycles. The predicted octanol–water partition coefficient (Wildman–Crippen LogP) is 6.80. The number of hydrogen-bond donors (Lipinski definition) is 2. The van der Waals surface area contributed by atoms with Gasteiger partial charge in [0, 0.05) is 16.7 Å². The molecule has 0 unspecified atom stereocenters. The molecule has 0 bridgehead atoms. The number of ether oxygens (including phenoxy) is 4. The molecule has 2 N–H and O–H groups in total. The molecule has 2 heterocycles. The SMILES string of the molecule is C=C(C)C(=O)OCCNC(=O)Oc1cc(C(C)(C)C)c(OC(=O)NCCOC(=O)C(=C)C)c2c1SC(=C1C(=O)N(Cc3ccccc3)N(Cc3ccccc3)C1=O)S2. The van der Waals surface area contributed by atoms with Crippen molar-refractivity contribution in [2.45, 2.75) is 62.9 Å². The lowest BCUT2D eigenvalue weighted by Crippen LogP contribution is -2.39. The van der Waals surface area contributed by atoms with E-state index in [9.17, 15) is 28.8 Å². The number of hydrogen-bond acceptors (Lipinski definition) is 12. The Balaban J connectivity index is 1.52. The van der Waals surface area contributed by atoms with Crippen LogP contribution in [-0.4, -0.2) is 72.3 Å². The van der Waals surface area contributed by atoms with Crippen LogP contribution in [0.15, 0.2) is 111 Å². The van der Waals surface area contributed by atoms with Gasteiger partial charge >= 0.3 is 24.1 Å². The third kappa shape index (κ3) is 10.7. The van der Waals surface area contributed by atoms with Crippen LogP contribution in [0, 0.1) is 0 Å². The van der Waals surface area contributed by atoms with Crippen molar-refractivity contribution in [3.8, 4) is 11.5 Å². The lowest BCUT2D eigenvalue weighted by molar-refractivity contribution is -0.149. The van der Waals surface area contributed by atoms with Gasteiger partial charge in [-0.05, 0) is 36.5 Å². The third-order valence-electron chi connectivity index (χ3n) is 8.40. The van der Waals surface area contributed by atoms with Gasteiger partial charge in [-0.15, -0.1) is 0 Å². The van der Waals surface area contributed by atoms with Gasteiger partial charge < -0.3 is 29.6 Å². The average molecular weight is 829 g/mol. The van der Waals surface area contributed by atoms with Crippen molar-refractivity contribution in [3.05, 3.63) is 118 Å². The topological polar surface area (TPSA) is 170 Å². The number of esters is 2. The first-order valence-electron chi connectivity index (χ1n) is 18.1. The Labute approximate surface area is 344 Å². The average Bonchev–Trinajstić information content (AvgIpc) is 3.71. The summed E-state index contributed by atoms with van der Waals surface area (Å²) in [4.78, 5) is 79.4. The molecule has 16 heteroatoms. The van der Waals surface area contributed by atoms with Crippen LogP contribution in [0.4, 0.5) is 9.59 Å². The molecule has 0 atom stereocenters. The Bertz CT molecular complexity index is 2110. The summed E-state index contributed by atoms with van der Waals surface area (Å²) in [5, 5.41) is 7.94. The Kier molecular flexibility index (Phi) is 14.1. The largest absolute Gasteiger partial charge is 0.460 e. The van der Waals surface area contributed by atoms with Gasteiger partial charge in [0.05, 0.1) is 40.2 Å². The fraction of sp³-hybridized carbons (Fsp3) is 0.286. The van der Waals surface area contributed by atoms with E-state index in [4.69, 9.17) is 18.9 Å². The summed E-state index contributed by atoms with van der Waals surface area (Å²) in [5.74, 6) is -2.08. The van der Waals surface area contributed by atoms with E-state index in [0.717, 1.165) is 34.7 Å². The van der Waals surface area contributed by atoms with Crippen LogP contribution >= 0.6 is 23.5 Å². The predicted molar refractivity (Wildman–Crippen MR) is 217 cm³/mol. The molecule has 0 aromatic heterocycles. The molecule has 4 amide bonds. The van der Waals surface area contributed by atoms with Crippen LogP contribution in [0.1, 0.15) is 51.3 Å². The molecule has 1 fully saturated rings. The highest BCUT2D eigenvalue weighted by atomic mass is 32.2. The maximum Gasteiger partial charge on any atom is 0.412 e. The maximum atomic E-state index is 14.4. The van der Waals surface area contributed by atoms with Crippen molar-refractivity contribution in [2.24, 2.45) is 0 Å². The minimum atomic E-state index is -0.869. The Morgan fingerprint density at radius 3 is 1.59 bits per heavy atom. The van der Waals surface area contributed by atoms with Gasteiger partial charge in [-0.1, -0.05) is 118 Å². The summed E-state index contributed by atoms with van der Waals surface area (Å²) in [6, 6.07) is 20.2. The Morgan fingerprint density at radius 1 is 0.690 bits per heavy atom. The van der Waals surface area contributed by atoms with Crippen LogP contribution in [-0.2, 0) is 47.2 Å². The molecule has 3 aromatic rings. The lowest BCUT2D eigenvalue weighted by Gasteiger charge is -2.27. The van der Waals surface area contributed by atoms with Gasteiger partial charge in [-0.25, -0.2) is 29.2 Å². The van der Waals surface area contributed by atoms with E-state index in [-0.39, 0.29) is 67.6 Å². The Hall–Kier alpha value is -6.00. The van der Waals surface area contributed by atoms with Crippen molar-refractivity contribution in [1.82, 2.24) is 20.7 Å². The minimum Gasteiger partial charge on any atom is -0.460 e. The molecule has 5 rings (SSSR count). The van der Waals surface area contributed by atoms with Gasteiger partial charge in [0.1, 0.15) is 24.5 Å². The zero-order chi connectivity index (χ0) is 42.1. The first-order valence-corrected chi connectivity index (χ1v) is 19.8. The van der Waals surface area contributed by atoms with Crippen LogP contribution in [0.3, 0.4) is 0 Å². The third-order valence-corrected chi connectivity index (χ3v) is 11.0. The fourth-order valence-electron chi connectivity index (χ4n) is 5.51. The summed E-state index contributed by atoms with van der Waals surface area (Å²) in [5.41, 5.74) is 1.70. The van der Waals surface area contributed by atoms with Crippen LogP contribution in [0.5, 0.6) is 11.5 Å². The number of nitrogens with one attached hydrogen (secondary N) is 2. The fourth-order valence-corrected chi connectivity index (χ4v) is 8.17. The van der Waals surface area contributed by atoms with Crippen molar-refractivity contribution in [2.75, 3.05) is 26.3 Å². The van der Waals surface area contributed by atoms with E-state index in [1.54, 1.807) is 6.07 Å². The van der Waals surface area contributed by atoms with E-state index < -0.39 is 41.4 Å². The molecular formula is C42H44N4O10S2. The van der Waals surface area contributed by atoms with E-state index in [2.05, 4.69) is 23.8 Å². The number of nitrogens with zero attached hydrogens (tertiary/aromatic N) is 2. The van der Waals surface area contributed by atoms with Gasteiger partial charge in [0.25, 0.3) is 11.8 Å². The standard InChI is InChI=1S/C42H44N4O10S2/c1-25(2)37(49)53-20-18-43-40(51)55-30-22-29(42(5,6)7)32(56-41(52)44-19-21-54-38(50)26(3)4)34-33(30)57-39(58-34)31-35(47)45(23-27-14-10-8-11-15-27)46(36(31)48)24-28-16-12-9-13-17-28/h8-17,22H,1,3,18-21,23-24H2,2,4-7H3,(H,43,51)(H,44,52). The van der Waals surface area contributed by atoms with Crippen molar-refractivity contribution in [1.29, 1.82) is 0 Å². The molecule has 14 nitrogen and oxygen atoms in total. The molecule has 0 radical (unpaired) electrons. The van der Waals surface area contributed by atoms with Crippen molar-refractivity contribution >= 4 is 59.5 Å². The highest BCUT2D eigenvalue weighted by molar-refractivity contribution is 8.25. The zero-order valence-corrected chi connectivity index (χ0v) is 34.4. The van der Waals surface area contributed by atoms with Crippen molar-refractivity contribution in [3.63, 3.8) is 0 Å². The van der Waals surface area contributed by atoms with E-state index in [0.29, 0.717) is 19.6 Å². The number of thioether (sulfide) groups is 2. The molecule has 0 spiro atoms. The highest BCUT2D eigenvalue weighted by Gasteiger charge is 2.46. The molecule has 0 aliphatic carbocycles. The summed E-state index contributed by atoms with van der Waals surface area (Å²) in [6.07, 6.45) is -1.73. The summed E-state index contributed by atoms with van der Waals surface area (Å²) < 4.78 is 22.2. The van der Waals surface area contributed by atoms with Gasteiger partial charge in [0.15, 0.2) is 5.75 Å². The summed E-state index contributed by atoms with van der Waals surface area (Å²) in [6.45, 7) is 15.5. The van der Waals surface area contributed by atoms with Crippen molar-refractivity contribution < 1.29 is 47.7 Å². The van der Waals surface area contributed by atoms with Gasteiger partial charge in [-0.3, -0.25) is 9.59 Å². The number of amides is 4. The second-order valence-electron chi connectivity index (χ2n) is 14.2. The first kappa shape index (κ1) is 43.1. The molecular weight excluding hydrogens is 785 g/mol. The highest BCUT2D eigenvalue weighted by Crippen LogP contribution is 2.61. The maximum absolute atomic E-state index is 14.4. The molecule has 0 saturated carbocycles. The second-order valence-corrected chi connectivity index (χ2v) is 16.5. The number of carbonyl (C=O) groups is 6. The second kappa shape index (κ2) is 19.0. The zero-order valence-electron chi connectivity index (χ0n) is 32.8. The van der Waals surface area contributed by atoms with Gasteiger partial charge in [-0.2, -0.15) is 0 Å². The number of benzene rings is 3. The molecule has 58 heavy (non-hydrogen) atoms. The molecule has 304 valence electrons. The molecule has 1 saturated heterocycles. The quantitative estimate of drug-likeness (QED) is 0.0756. The van der Waals surface area contributed by atoms with E-state index >= 15 is 0 Å². The lowest BCUT2D eigenvalue weighted by atomic mass is 9.86. The number of carbonyl (C=O) groups excluding carboxylic acids is 6. The van der Waals surface area contributed by atoms with E-state index in [1.807, 2.05) is 81.4 Å². The summed E-state index contributed by atoms with van der Waals surface area (Å²) >= 11 is 2.08. The molecule has 2 aliphatic rings.